The summed E-state index contributed by atoms with van der Waals surface area (Å²) in [4.78, 5) is 38.3. The van der Waals surface area contributed by atoms with Crippen molar-refractivity contribution >= 4 is 29.1 Å². The summed E-state index contributed by atoms with van der Waals surface area (Å²) in [6.45, 7) is 0.994. The van der Waals surface area contributed by atoms with E-state index in [0.717, 1.165) is 47.5 Å². The number of benzene rings is 2. The maximum Gasteiger partial charge on any atom is 0.313 e. The van der Waals surface area contributed by atoms with Crippen LogP contribution in [-0.4, -0.2) is 31.4 Å². The molecule has 0 aromatic heterocycles. The molecule has 144 valence electrons. The van der Waals surface area contributed by atoms with Crippen LogP contribution >= 0.6 is 0 Å². The first-order valence-electron chi connectivity index (χ1n) is 9.23. The third kappa shape index (κ3) is 3.43. The largest absolute Gasteiger partial charge is 0.497 e. The Morgan fingerprint density at radius 1 is 1.11 bits per heavy atom. The maximum absolute atomic E-state index is 12.3. The molecule has 0 saturated heterocycles. The molecule has 3 amide bonds. The molecule has 0 radical (unpaired) electrons. The molecule has 2 aromatic carbocycles. The second-order valence-electron chi connectivity index (χ2n) is 6.95. The first-order chi connectivity index (χ1) is 13.5. The van der Waals surface area contributed by atoms with E-state index in [1.807, 2.05) is 23.1 Å². The molecule has 0 spiro atoms. The van der Waals surface area contributed by atoms with Crippen LogP contribution in [0.4, 0.5) is 11.4 Å². The first-order valence-corrected chi connectivity index (χ1v) is 9.23. The lowest BCUT2D eigenvalue weighted by Gasteiger charge is -2.26. The molecule has 2 heterocycles. The lowest BCUT2D eigenvalue weighted by molar-refractivity contribution is -0.136. The van der Waals surface area contributed by atoms with Crippen molar-refractivity contribution in [2.45, 2.75) is 25.8 Å². The smallest absolute Gasteiger partial charge is 0.313 e. The van der Waals surface area contributed by atoms with Crippen molar-refractivity contribution < 1.29 is 19.1 Å². The van der Waals surface area contributed by atoms with Gasteiger partial charge in [-0.25, -0.2) is 0 Å². The third-order valence-corrected chi connectivity index (χ3v) is 5.08. The molecule has 28 heavy (non-hydrogen) atoms. The molecule has 2 aromatic rings. The van der Waals surface area contributed by atoms with E-state index in [0.29, 0.717) is 12.1 Å². The van der Waals surface area contributed by atoms with Crippen LogP contribution in [0.25, 0.3) is 0 Å². The Labute approximate surface area is 162 Å². The van der Waals surface area contributed by atoms with Crippen molar-refractivity contribution in [1.29, 1.82) is 0 Å². The minimum atomic E-state index is -0.724. The number of nitrogens with zero attached hydrogens (tertiary/aromatic N) is 1. The summed E-state index contributed by atoms with van der Waals surface area (Å²) < 4.78 is 5.09. The summed E-state index contributed by atoms with van der Waals surface area (Å²) in [5.41, 5.74) is 4.36. The van der Waals surface area contributed by atoms with Gasteiger partial charge in [0.2, 0.25) is 5.91 Å². The van der Waals surface area contributed by atoms with Gasteiger partial charge in [0, 0.05) is 18.8 Å². The Balaban J connectivity index is 1.40. The van der Waals surface area contributed by atoms with Crippen LogP contribution < -0.4 is 20.3 Å². The Morgan fingerprint density at radius 3 is 2.61 bits per heavy atom. The van der Waals surface area contributed by atoms with Gasteiger partial charge in [-0.15, -0.1) is 0 Å². The summed E-state index contributed by atoms with van der Waals surface area (Å²) in [7, 11) is 1.59. The third-order valence-electron chi connectivity index (χ3n) is 5.08. The van der Waals surface area contributed by atoms with Crippen molar-refractivity contribution in [1.82, 2.24) is 5.32 Å². The fourth-order valence-electron chi connectivity index (χ4n) is 3.75. The highest BCUT2D eigenvalue weighted by molar-refractivity contribution is 6.39. The van der Waals surface area contributed by atoms with Crippen LogP contribution in [0.1, 0.15) is 23.1 Å². The Morgan fingerprint density at radius 2 is 1.86 bits per heavy atom. The number of aryl methyl sites for hydroxylation is 1. The summed E-state index contributed by atoms with van der Waals surface area (Å²) in [5.74, 6) is -0.609. The van der Waals surface area contributed by atoms with E-state index in [1.165, 1.54) is 0 Å². The molecular weight excluding hydrogens is 358 g/mol. The summed E-state index contributed by atoms with van der Waals surface area (Å²) in [6, 6.07) is 10.9. The van der Waals surface area contributed by atoms with Gasteiger partial charge in [0.1, 0.15) is 5.75 Å². The Hall–Kier alpha value is -3.35. The fourth-order valence-corrected chi connectivity index (χ4v) is 3.75. The van der Waals surface area contributed by atoms with E-state index in [1.54, 1.807) is 25.3 Å². The van der Waals surface area contributed by atoms with Crippen molar-refractivity contribution in [3.63, 3.8) is 0 Å². The Kier molecular flexibility index (Phi) is 4.73. The molecule has 2 N–H and O–H groups in total. The van der Waals surface area contributed by atoms with Crippen molar-refractivity contribution in [2.75, 3.05) is 23.9 Å². The summed E-state index contributed by atoms with van der Waals surface area (Å²) in [5, 5.41) is 5.26. The predicted octanol–water partition coefficient (Wildman–Crippen LogP) is 1.79. The predicted molar refractivity (Wildman–Crippen MR) is 104 cm³/mol. The van der Waals surface area contributed by atoms with Gasteiger partial charge in [-0.3, -0.25) is 14.4 Å². The molecule has 0 aliphatic carbocycles. The zero-order valence-electron chi connectivity index (χ0n) is 15.6. The number of hydrogen-bond donors (Lipinski definition) is 2. The molecule has 4 rings (SSSR count). The average molecular weight is 379 g/mol. The van der Waals surface area contributed by atoms with Gasteiger partial charge in [0.05, 0.1) is 19.2 Å². The molecule has 0 unspecified atom stereocenters. The molecule has 2 aliphatic heterocycles. The number of nitrogens with one attached hydrogen (secondary N) is 2. The minimum Gasteiger partial charge on any atom is -0.497 e. The van der Waals surface area contributed by atoms with Crippen LogP contribution in [0.15, 0.2) is 36.4 Å². The average Bonchev–Trinajstić information content (AvgIpc) is 3.03. The number of ether oxygens (including phenoxy) is 1. The van der Waals surface area contributed by atoms with Gasteiger partial charge in [-0.1, -0.05) is 12.1 Å². The van der Waals surface area contributed by atoms with E-state index < -0.39 is 11.8 Å². The first kappa shape index (κ1) is 18.0. The number of hydrogen-bond acceptors (Lipinski definition) is 4. The number of anilines is 2. The molecular formula is C21H21N3O4. The molecule has 0 atom stereocenters. The normalized spacial score (nSPS) is 14.5. The van der Waals surface area contributed by atoms with E-state index in [-0.39, 0.29) is 12.5 Å². The topological polar surface area (TPSA) is 87.7 Å². The molecule has 0 bridgehead atoms. The molecule has 0 saturated carbocycles. The van der Waals surface area contributed by atoms with Gasteiger partial charge in [0.15, 0.2) is 0 Å². The minimum absolute atomic E-state index is 0.0941. The molecule has 0 fully saturated rings. The molecule has 7 nitrogen and oxygen atoms in total. The van der Waals surface area contributed by atoms with E-state index in [2.05, 4.69) is 10.6 Å². The fraction of sp³-hybridized carbons (Fsp3) is 0.286. The number of rotatable bonds is 4. The SMILES string of the molecule is COc1ccc(CNC(=O)C(=O)Nc2cc3c4c(c2)CC(=O)N4CCC3)cc1. The van der Waals surface area contributed by atoms with Crippen LogP contribution in [0.2, 0.25) is 0 Å². The van der Waals surface area contributed by atoms with Crippen LogP contribution in [-0.2, 0) is 33.8 Å². The van der Waals surface area contributed by atoms with Gasteiger partial charge >= 0.3 is 11.8 Å². The number of amides is 3. The zero-order valence-corrected chi connectivity index (χ0v) is 15.6. The summed E-state index contributed by atoms with van der Waals surface area (Å²) >= 11 is 0. The number of carbonyl (C=O) groups is 3. The zero-order chi connectivity index (χ0) is 19.7. The quantitative estimate of drug-likeness (QED) is 0.793. The van der Waals surface area contributed by atoms with Crippen molar-refractivity contribution in [2.24, 2.45) is 0 Å². The molecule has 7 heteroatoms. The van der Waals surface area contributed by atoms with Crippen LogP contribution in [0.5, 0.6) is 5.75 Å². The highest BCUT2D eigenvalue weighted by Gasteiger charge is 2.32. The van der Waals surface area contributed by atoms with E-state index in [4.69, 9.17) is 4.74 Å². The number of methoxy groups -OCH3 is 1. The lowest BCUT2D eigenvalue weighted by atomic mass is 9.99. The van der Waals surface area contributed by atoms with Gasteiger partial charge < -0.3 is 20.3 Å². The van der Waals surface area contributed by atoms with E-state index >= 15 is 0 Å². The molecule has 2 aliphatic rings. The standard InChI is InChI=1S/C21H21N3O4/c1-28-17-6-4-13(5-7-17)12-22-20(26)21(27)23-16-9-14-3-2-8-24-18(25)11-15(10-16)19(14)24/h4-7,9-10H,2-3,8,11-12H2,1H3,(H,22,26)(H,23,27). The van der Waals surface area contributed by atoms with Gasteiger partial charge in [0.25, 0.3) is 0 Å². The summed E-state index contributed by atoms with van der Waals surface area (Å²) in [6.07, 6.45) is 2.10. The number of carbonyl (C=O) groups excluding carboxylic acids is 3. The Bertz CT molecular complexity index is 953. The van der Waals surface area contributed by atoms with Crippen LogP contribution in [0, 0.1) is 0 Å². The highest BCUT2D eigenvalue weighted by atomic mass is 16.5. The maximum atomic E-state index is 12.3. The van der Waals surface area contributed by atoms with Crippen LogP contribution in [0.3, 0.4) is 0 Å². The second kappa shape index (κ2) is 7.34. The van der Waals surface area contributed by atoms with Crippen molar-refractivity contribution in [3.8, 4) is 5.75 Å². The van der Waals surface area contributed by atoms with Gasteiger partial charge in [-0.05, 0) is 53.8 Å². The van der Waals surface area contributed by atoms with Crippen molar-refractivity contribution in [3.05, 3.63) is 53.1 Å². The lowest BCUT2D eigenvalue weighted by Crippen LogP contribution is -2.35. The highest BCUT2D eigenvalue weighted by Crippen LogP contribution is 2.38. The van der Waals surface area contributed by atoms with Gasteiger partial charge in [-0.2, -0.15) is 0 Å². The van der Waals surface area contributed by atoms with E-state index in [9.17, 15) is 14.4 Å². The second-order valence-corrected chi connectivity index (χ2v) is 6.95. The monoisotopic (exact) mass is 379 g/mol.